The number of pyridine rings is 1. The Bertz CT molecular complexity index is 258. The van der Waals surface area contributed by atoms with Gasteiger partial charge in [-0.05, 0) is 29.7 Å². The van der Waals surface area contributed by atoms with Gasteiger partial charge in [0, 0.05) is 16.7 Å². The minimum absolute atomic E-state index is 0.375. The second-order valence-corrected chi connectivity index (χ2v) is 3.06. The van der Waals surface area contributed by atoms with Crippen LogP contribution in [0.15, 0.2) is 23.2 Å². The lowest BCUT2D eigenvalue weighted by molar-refractivity contribution is -0.126. The first kappa shape index (κ1) is 12.3. The molecule has 0 aliphatic carbocycles. The molecule has 0 aliphatic heterocycles. The fraction of sp³-hybridized carbons (Fsp3) is 0.250. The van der Waals surface area contributed by atoms with Crippen LogP contribution < -0.4 is 0 Å². The number of aryl methyl sites for hydroxylation is 1. The van der Waals surface area contributed by atoms with Crippen LogP contribution in [-0.4, -0.2) is 18.6 Å². The lowest BCUT2D eigenvalue weighted by atomic mass is 10.4. The van der Waals surface area contributed by atoms with E-state index in [0.717, 1.165) is 21.7 Å². The zero-order chi connectivity index (χ0) is 10.1. The fourth-order valence-corrected chi connectivity index (χ4v) is 1.13. The molecule has 0 bridgehead atoms. The number of hydrogen-bond donors (Lipinski definition) is 0. The van der Waals surface area contributed by atoms with Gasteiger partial charge in [0.25, 0.3) is 6.47 Å². The van der Waals surface area contributed by atoms with Gasteiger partial charge in [-0.2, -0.15) is 0 Å². The molecule has 0 saturated carbocycles. The Labute approximate surface area is 86.0 Å². The average molecular weight is 220 g/mol. The van der Waals surface area contributed by atoms with Crippen molar-refractivity contribution in [3.63, 3.8) is 0 Å². The molecule has 1 aromatic rings. The van der Waals surface area contributed by atoms with Crippen molar-refractivity contribution >= 4 is 28.1 Å². The summed E-state index contributed by atoms with van der Waals surface area (Å²) in [6, 6.07) is 5.76. The highest BCUT2D eigenvalue weighted by molar-refractivity contribution is 8.21. The van der Waals surface area contributed by atoms with E-state index < -0.39 is 0 Å². The van der Waals surface area contributed by atoms with E-state index in [2.05, 4.69) is 9.72 Å². The van der Waals surface area contributed by atoms with E-state index in [1.165, 1.54) is 7.11 Å². The third-order valence-corrected chi connectivity index (χ3v) is 1.90. The van der Waals surface area contributed by atoms with Crippen LogP contribution in [0.2, 0.25) is 0 Å². The number of methoxy groups -OCH3 is 1. The molecule has 1 aromatic heterocycles. The van der Waals surface area contributed by atoms with E-state index in [0.29, 0.717) is 6.47 Å². The molecular formula is C8H10ClNO2S. The highest BCUT2D eigenvalue weighted by Crippen LogP contribution is 2.18. The van der Waals surface area contributed by atoms with Gasteiger partial charge in [-0.1, -0.05) is 6.07 Å². The third-order valence-electron chi connectivity index (χ3n) is 1.04. The summed E-state index contributed by atoms with van der Waals surface area (Å²) in [5, 5.41) is 0.858. The molecule has 0 amide bonds. The van der Waals surface area contributed by atoms with Crippen molar-refractivity contribution in [3.05, 3.63) is 23.9 Å². The van der Waals surface area contributed by atoms with Crippen LogP contribution in [-0.2, 0) is 9.53 Å². The number of rotatable bonds is 2. The lowest BCUT2D eigenvalue weighted by Crippen LogP contribution is -1.79. The highest BCUT2D eigenvalue weighted by atomic mass is 35.7. The van der Waals surface area contributed by atoms with E-state index in [9.17, 15) is 0 Å². The molecule has 0 spiro atoms. The predicted molar refractivity (Wildman–Crippen MR) is 53.8 cm³/mol. The van der Waals surface area contributed by atoms with E-state index in [1.54, 1.807) is 0 Å². The van der Waals surface area contributed by atoms with E-state index in [4.69, 9.17) is 15.5 Å². The first-order valence-corrected chi connectivity index (χ1v) is 5.07. The van der Waals surface area contributed by atoms with Crippen molar-refractivity contribution in [2.45, 2.75) is 11.9 Å². The van der Waals surface area contributed by atoms with Gasteiger partial charge >= 0.3 is 0 Å². The molecule has 0 atom stereocenters. The summed E-state index contributed by atoms with van der Waals surface area (Å²) >= 11 is 0. The second kappa shape index (κ2) is 7.89. The first-order valence-electron chi connectivity index (χ1n) is 3.43. The van der Waals surface area contributed by atoms with Gasteiger partial charge in [-0.15, -0.1) is 0 Å². The lowest BCUT2D eigenvalue weighted by Gasteiger charge is -1.92. The van der Waals surface area contributed by atoms with Gasteiger partial charge in [0.2, 0.25) is 0 Å². The molecule has 0 saturated heterocycles. The molecule has 0 radical (unpaired) electrons. The zero-order valence-electron chi connectivity index (χ0n) is 7.36. The summed E-state index contributed by atoms with van der Waals surface area (Å²) in [6.45, 7) is 2.32. The Hall–Kier alpha value is -0.740. The minimum Gasteiger partial charge on any atom is -0.471 e. The van der Waals surface area contributed by atoms with Gasteiger partial charge in [0.05, 0.1) is 7.11 Å². The maximum absolute atomic E-state index is 8.95. The fourth-order valence-electron chi connectivity index (χ4n) is 0.561. The van der Waals surface area contributed by atoms with Crippen molar-refractivity contribution < 1.29 is 9.53 Å². The van der Waals surface area contributed by atoms with E-state index in [-0.39, 0.29) is 0 Å². The topological polar surface area (TPSA) is 39.2 Å². The molecular weight excluding hydrogens is 210 g/mol. The average Bonchev–Trinajstić information content (AvgIpc) is 2.18. The Balaban J connectivity index is 0.000000310. The molecule has 1 rings (SSSR count). The van der Waals surface area contributed by atoms with Crippen molar-refractivity contribution in [2.75, 3.05) is 7.11 Å². The van der Waals surface area contributed by atoms with Crippen molar-refractivity contribution in [1.82, 2.24) is 4.98 Å². The van der Waals surface area contributed by atoms with Crippen LogP contribution in [0.5, 0.6) is 0 Å². The van der Waals surface area contributed by atoms with Gasteiger partial charge in [0.15, 0.2) is 0 Å². The number of aromatic nitrogens is 1. The normalized spacial score (nSPS) is 8.23. The van der Waals surface area contributed by atoms with Crippen LogP contribution in [0, 0.1) is 6.92 Å². The maximum Gasteiger partial charge on any atom is 0.292 e. The summed E-state index contributed by atoms with van der Waals surface area (Å²) in [5.41, 5.74) is 1.00. The minimum atomic E-state index is 0.375. The molecule has 5 heteroatoms. The van der Waals surface area contributed by atoms with Crippen molar-refractivity contribution in [1.29, 1.82) is 0 Å². The number of carbonyl (C=O) groups excluding carboxylic acids is 1. The summed E-state index contributed by atoms with van der Waals surface area (Å²) in [4.78, 5) is 13.1. The van der Waals surface area contributed by atoms with Crippen molar-refractivity contribution in [3.8, 4) is 0 Å². The molecule has 0 unspecified atom stereocenters. The van der Waals surface area contributed by atoms with Gasteiger partial charge in [0.1, 0.15) is 5.03 Å². The molecule has 13 heavy (non-hydrogen) atoms. The van der Waals surface area contributed by atoms with Crippen molar-refractivity contribution in [2.24, 2.45) is 0 Å². The zero-order valence-corrected chi connectivity index (χ0v) is 8.93. The highest BCUT2D eigenvalue weighted by Gasteiger charge is 1.89. The van der Waals surface area contributed by atoms with Gasteiger partial charge in [-0.25, -0.2) is 4.98 Å². The number of ether oxygens (including phenoxy) is 1. The van der Waals surface area contributed by atoms with Gasteiger partial charge in [-0.3, -0.25) is 4.79 Å². The van der Waals surface area contributed by atoms with Crippen LogP contribution in [0.25, 0.3) is 0 Å². The van der Waals surface area contributed by atoms with Crippen LogP contribution in [0.4, 0.5) is 0 Å². The number of nitrogens with zero attached hydrogens (tertiary/aromatic N) is 1. The van der Waals surface area contributed by atoms with Crippen LogP contribution in [0.1, 0.15) is 5.69 Å². The summed E-state index contributed by atoms with van der Waals surface area (Å²) in [5.74, 6) is 0. The second-order valence-electron chi connectivity index (χ2n) is 2.03. The predicted octanol–water partition coefficient (Wildman–Crippen LogP) is 2.43. The molecule has 0 fully saturated rings. The van der Waals surface area contributed by atoms with Crippen LogP contribution in [0.3, 0.4) is 0 Å². The molecule has 0 aromatic carbocycles. The Morgan fingerprint density at radius 3 is 2.54 bits per heavy atom. The van der Waals surface area contributed by atoms with E-state index in [1.807, 2.05) is 25.1 Å². The number of halogens is 1. The monoisotopic (exact) mass is 219 g/mol. The number of carbonyl (C=O) groups is 1. The third kappa shape index (κ3) is 6.42. The Morgan fingerprint density at radius 1 is 1.62 bits per heavy atom. The molecule has 3 nitrogen and oxygen atoms in total. The summed E-state index contributed by atoms with van der Waals surface area (Å²) in [7, 11) is 7.91. The van der Waals surface area contributed by atoms with E-state index >= 15 is 0 Å². The molecule has 0 aliphatic rings. The molecule has 1 heterocycles. The molecule has 0 N–H and O–H groups in total. The summed E-state index contributed by atoms with van der Waals surface area (Å²) < 4.78 is 3.86. The SMILES string of the molecule is COC=O.Cc1cccc(SCl)n1. The largest absolute Gasteiger partial charge is 0.471 e. The van der Waals surface area contributed by atoms with Gasteiger partial charge < -0.3 is 4.74 Å². The smallest absolute Gasteiger partial charge is 0.292 e. The standard InChI is InChI=1S/C6H6ClNS.C2H4O2/c1-5-3-2-4-6(8-5)9-7;1-4-2-3/h2-4H,1H3;2H,1H3. The molecule has 72 valence electrons. The Kier molecular flexibility index (Phi) is 7.44. The summed E-state index contributed by atoms with van der Waals surface area (Å²) in [6.07, 6.45) is 0. The first-order chi connectivity index (χ1) is 6.24. The van der Waals surface area contributed by atoms with Crippen LogP contribution >= 0.6 is 21.7 Å². The Morgan fingerprint density at radius 2 is 2.23 bits per heavy atom. The maximum atomic E-state index is 8.95. The quantitative estimate of drug-likeness (QED) is 0.717. The number of hydrogen-bond acceptors (Lipinski definition) is 4.